The van der Waals surface area contributed by atoms with Crippen LogP contribution in [0.1, 0.15) is 46.3 Å². The van der Waals surface area contributed by atoms with E-state index in [1.54, 1.807) is 0 Å². The van der Waals surface area contributed by atoms with Crippen LogP contribution in [0.2, 0.25) is 0 Å². The van der Waals surface area contributed by atoms with Gasteiger partial charge >= 0.3 is 0 Å². The summed E-state index contributed by atoms with van der Waals surface area (Å²) in [4.78, 5) is 17.9. The molecular weight excluding hydrogens is 300 g/mol. The zero-order valence-electron chi connectivity index (χ0n) is 14.5. The van der Waals surface area contributed by atoms with Gasteiger partial charge in [-0.25, -0.2) is 0 Å². The molecule has 0 aliphatic carbocycles. The van der Waals surface area contributed by atoms with Crippen LogP contribution in [0, 0.1) is 19.8 Å². The van der Waals surface area contributed by atoms with Crippen molar-refractivity contribution in [3.05, 3.63) is 58.9 Å². The topological polar surface area (TPSA) is 56.3 Å². The molecule has 2 heterocycles. The van der Waals surface area contributed by atoms with Gasteiger partial charge in [0.05, 0.1) is 12.6 Å². The van der Waals surface area contributed by atoms with E-state index in [1.807, 2.05) is 50.2 Å². The molecule has 1 saturated heterocycles. The fraction of sp³-hybridized carbons (Fsp3) is 0.450. The quantitative estimate of drug-likeness (QED) is 0.829. The predicted octanol–water partition coefficient (Wildman–Crippen LogP) is 3.26. The molecule has 4 heteroatoms. The number of carbonyl (C=O) groups is 1. The molecule has 1 atom stereocenters. The van der Waals surface area contributed by atoms with Crippen LogP contribution < -0.4 is 0 Å². The van der Waals surface area contributed by atoms with Crippen LogP contribution in [0.15, 0.2) is 36.4 Å². The van der Waals surface area contributed by atoms with Crippen LogP contribution in [0.3, 0.4) is 0 Å². The zero-order valence-corrected chi connectivity index (χ0v) is 14.5. The van der Waals surface area contributed by atoms with Crippen molar-refractivity contribution in [1.82, 2.24) is 9.88 Å². The molecule has 0 spiro atoms. The van der Waals surface area contributed by atoms with Gasteiger partial charge in [-0.1, -0.05) is 30.3 Å². The number of nitrogens with zero attached hydrogens (tertiary/aromatic N) is 1. The third-order valence-electron chi connectivity index (χ3n) is 5.04. The highest BCUT2D eigenvalue weighted by Gasteiger charge is 2.27. The van der Waals surface area contributed by atoms with Crippen molar-refractivity contribution in [3.63, 3.8) is 0 Å². The Morgan fingerprint density at radius 3 is 2.50 bits per heavy atom. The fourth-order valence-electron chi connectivity index (χ4n) is 3.65. The van der Waals surface area contributed by atoms with Gasteiger partial charge in [-0.15, -0.1) is 0 Å². The Kier molecular flexibility index (Phi) is 5.17. The first-order valence-electron chi connectivity index (χ1n) is 8.69. The molecule has 1 aromatic carbocycles. The highest BCUT2D eigenvalue weighted by molar-refractivity contribution is 5.98. The Labute approximate surface area is 143 Å². The maximum absolute atomic E-state index is 12.5. The van der Waals surface area contributed by atoms with Gasteiger partial charge in [-0.2, -0.15) is 0 Å². The lowest BCUT2D eigenvalue weighted by Crippen LogP contribution is -2.38. The third kappa shape index (κ3) is 3.77. The second kappa shape index (κ2) is 7.32. The van der Waals surface area contributed by atoms with E-state index in [0.717, 1.165) is 48.4 Å². The van der Waals surface area contributed by atoms with E-state index in [9.17, 15) is 9.90 Å². The average molecular weight is 326 g/mol. The Balaban J connectivity index is 1.54. The molecule has 3 rings (SSSR count). The van der Waals surface area contributed by atoms with E-state index in [1.165, 1.54) is 0 Å². The minimum Gasteiger partial charge on any atom is -0.388 e. The van der Waals surface area contributed by atoms with Crippen molar-refractivity contribution in [2.24, 2.45) is 5.92 Å². The molecule has 0 saturated carbocycles. The smallest absolute Gasteiger partial charge is 0.178 e. The lowest BCUT2D eigenvalue weighted by Gasteiger charge is -2.34. The van der Waals surface area contributed by atoms with E-state index in [0.29, 0.717) is 6.54 Å². The van der Waals surface area contributed by atoms with Crippen molar-refractivity contribution in [2.75, 3.05) is 19.6 Å². The molecule has 0 radical (unpaired) electrons. The number of hydrogen-bond acceptors (Lipinski definition) is 3. The summed E-state index contributed by atoms with van der Waals surface area (Å²) in [6.07, 6.45) is 1.45. The summed E-state index contributed by atoms with van der Waals surface area (Å²) in [7, 11) is 0. The Morgan fingerprint density at radius 1 is 1.25 bits per heavy atom. The lowest BCUT2D eigenvalue weighted by atomic mass is 9.87. The molecule has 0 amide bonds. The number of ketones is 1. The molecular formula is C20H26N2O2. The molecule has 1 aliphatic rings. The summed E-state index contributed by atoms with van der Waals surface area (Å²) in [5, 5.41) is 10.5. The monoisotopic (exact) mass is 326 g/mol. The number of piperidine rings is 1. The van der Waals surface area contributed by atoms with Crippen LogP contribution in [-0.2, 0) is 0 Å². The largest absolute Gasteiger partial charge is 0.388 e. The van der Waals surface area contributed by atoms with Crippen molar-refractivity contribution in [1.29, 1.82) is 0 Å². The van der Waals surface area contributed by atoms with Gasteiger partial charge in [0.25, 0.3) is 0 Å². The number of H-pyrrole nitrogens is 1. The second-order valence-electron chi connectivity index (χ2n) is 6.88. The van der Waals surface area contributed by atoms with Crippen LogP contribution in [0.5, 0.6) is 0 Å². The highest BCUT2D eigenvalue weighted by Crippen LogP contribution is 2.30. The molecule has 128 valence electrons. The highest BCUT2D eigenvalue weighted by atomic mass is 16.3. The number of likely N-dealkylation sites (tertiary alicyclic amines) is 1. The molecule has 1 aromatic heterocycles. The minimum atomic E-state index is -0.404. The van der Waals surface area contributed by atoms with E-state index < -0.39 is 6.10 Å². The van der Waals surface area contributed by atoms with Gasteiger partial charge in [0.1, 0.15) is 0 Å². The van der Waals surface area contributed by atoms with E-state index in [-0.39, 0.29) is 11.7 Å². The summed E-state index contributed by atoms with van der Waals surface area (Å²) in [5.41, 5.74) is 3.77. The molecule has 2 N–H and O–H groups in total. The van der Waals surface area contributed by atoms with Crippen molar-refractivity contribution in [2.45, 2.75) is 32.8 Å². The molecule has 0 bridgehead atoms. The number of Topliss-reactive ketones (excluding diaryl/α,β-unsaturated/α-hetero) is 1. The number of rotatable bonds is 5. The number of hydrogen-bond donors (Lipinski definition) is 2. The molecule has 1 unspecified atom stereocenters. The first-order valence-corrected chi connectivity index (χ1v) is 8.69. The van der Waals surface area contributed by atoms with Gasteiger partial charge in [0.2, 0.25) is 0 Å². The van der Waals surface area contributed by atoms with Crippen molar-refractivity contribution in [3.8, 4) is 0 Å². The van der Waals surface area contributed by atoms with Crippen LogP contribution in [0.4, 0.5) is 0 Å². The van der Waals surface area contributed by atoms with E-state index in [2.05, 4.69) is 9.88 Å². The fourth-order valence-corrected chi connectivity index (χ4v) is 3.65. The number of aliphatic hydroxyl groups is 1. The second-order valence-corrected chi connectivity index (χ2v) is 6.88. The van der Waals surface area contributed by atoms with Crippen LogP contribution in [-0.4, -0.2) is 40.4 Å². The Bertz CT molecular complexity index is 685. The van der Waals surface area contributed by atoms with Crippen molar-refractivity contribution < 1.29 is 9.90 Å². The van der Waals surface area contributed by atoms with Gasteiger partial charge < -0.3 is 10.1 Å². The van der Waals surface area contributed by atoms with Crippen LogP contribution >= 0.6 is 0 Å². The summed E-state index contributed by atoms with van der Waals surface area (Å²) in [6.45, 7) is 6.11. The molecule has 24 heavy (non-hydrogen) atoms. The lowest BCUT2D eigenvalue weighted by molar-refractivity contribution is 0.0563. The minimum absolute atomic E-state index is 0.180. The maximum Gasteiger partial charge on any atom is 0.178 e. The standard InChI is InChI=1S/C20H26N2O2/c1-14-12-18(15(2)21-14)19(23)13-22-10-8-17(9-11-22)20(24)16-6-4-3-5-7-16/h3-7,12,17,20-21,24H,8-11,13H2,1-2H3. The number of aliphatic hydroxyl groups excluding tert-OH is 1. The number of aromatic nitrogens is 1. The first-order chi connectivity index (χ1) is 11.5. The molecule has 4 nitrogen and oxygen atoms in total. The third-order valence-corrected chi connectivity index (χ3v) is 5.04. The van der Waals surface area contributed by atoms with E-state index in [4.69, 9.17) is 0 Å². The van der Waals surface area contributed by atoms with Gasteiger partial charge in [0.15, 0.2) is 5.78 Å². The first kappa shape index (κ1) is 16.9. The van der Waals surface area contributed by atoms with Crippen LogP contribution in [0.25, 0.3) is 0 Å². The molecule has 1 aliphatic heterocycles. The van der Waals surface area contributed by atoms with Gasteiger partial charge in [0, 0.05) is 17.0 Å². The van der Waals surface area contributed by atoms with Crippen molar-refractivity contribution >= 4 is 5.78 Å². The number of benzene rings is 1. The van der Waals surface area contributed by atoms with Gasteiger partial charge in [-0.3, -0.25) is 9.69 Å². The predicted molar refractivity (Wildman–Crippen MR) is 95.2 cm³/mol. The number of carbonyl (C=O) groups excluding carboxylic acids is 1. The maximum atomic E-state index is 12.5. The number of aromatic amines is 1. The van der Waals surface area contributed by atoms with E-state index >= 15 is 0 Å². The summed E-state index contributed by atoms with van der Waals surface area (Å²) in [6, 6.07) is 11.8. The van der Waals surface area contributed by atoms with Gasteiger partial charge in [-0.05, 0) is 57.3 Å². The summed E-state index contributed by atoms with van der Waals surface area (Å²) < 4.78 is 0. The summed E-state index contributed by atoms with van der Waals surface area (Å²) in [5.74, 6) is 0.453. The Morgan fingerprint density at radius 2 is 1.92 bits per heavy atom. The normalized spacial score (nSPS) is 17.8. The number of aryl methyl sites for hydroxylation is 2. The average Bonchev–Trinajstić information content (AvgIpc) is 2.94. The zero-order chi connectivity index (χ0) is 17.1. The SMILES string of the molecule is Cc1cc(C(=O)CN2CCC(C(O)c3ccccc3)CC2)c(C)[nH]1. The Hall–Kier alpha value is -1.91. The number of nitrogens with one attached hydrogen (secondary N) is 1. The summed E-state index contributed by atoms with van der Waals surface area (Å²) >= 11 is 0. The molecule has 1 fully saturated rings. The molecule has 2 aromatic rings.